The topological polar surface area (TPSA) is 79.5 Å². The van der Waals surface area contributed by atoms with E-state index in [1.54, 1.807) is 6.07 Å². The highest BCUT2D eigenvalue weighted by molar-refractivity contribution is 5.88. The Labute approximate surface area is 153 Å². The van der Waals surface area contributed by atoms with E-state index in [9.17, 15) is 22.8 Å². The van der Waals surface area contributed by atoms with Gasteiger partial charge in [-0.1, -0.05) is 31.0 Å². The normalized spacial score (nSPS) is 16.3. The Hall–Kier alpha value is -2.77. The first-order chi connectivity index (χ1) is 12.7. The third kappa shape index (κ3) is 3.84. The first-order valence-corrected chi connectivity index (χ1v) is 8.50. The maximum absolute atomic E-state index is 13.1. The molecule has 0 atom stereocenters. The average Bonchev–Trinajstić information content (AvgIpc) is 3.29. The number of hydrogen-bond donors (Lipinski definition) is 2. The molecule has 1 aromatic carbocycles. The minimum atomic E-state index is -4.48. The number of nitrogens with one attached hydrogen (secondary N) is 1. The van der Waals surface area contributed by atoms with E-state index in [2.05, 4.69) is 5.32 Å². The molecule has 2 aromatic rings. The van der Waals surface area contributed by atoms with Crippen LogP contribution in [0.5, 0.6) is 0 Å². The van der Waals surface area contributed by atoms with Crippen LogP contribution in [0.2, 0.25) is 0 Å². The number of furan rings is 1. The predicted molar refractivity (Wildman–Crippen MR) is 89.1 cm³/mol. The van der Waals surface area contributed by atoms with Gasteiger partial charge in [0.05, 0.1) is 17.5 Å². The van der Waals surface area contributed by atoms with Crippen molar-refractivity contribution in [2.24, 2.45) is 0 Å². The molecule has 5 nitrogen and oxygen atoms in total. The van der Waals surface area contributed by atoms with Crippen molar-refractivity contribution in [3.8, 4) is 0 Å². The van der Waals surface area contributed by atoms with Gasteiger partial charge in [-0.15, -0.1) is 0 Å². The lowest BCUT2D eigenvalue weighted by Gasteiger charge is -2.29. The SMILES string of the molecule is O=C(O)c1ccc(CNC(=O)C2(c3cccc(C(F)(F)F)c3)CCCC2)o1. The van der Waals surface area contributed by atoms with Crippen LogP contribution in [0, 0.1) is 0 Å². The number of alkyl halides is 3. The monoisotopic (exact) mass is 381 g/mol. The minimum absolute atomic E-state index is 0.0349. The van der Waals surface area contributed by atoms with Crippen molar-refractivity contribution in [1.29, 1.82) is 0 Å². The summed E-state index contributed by atoms with van der Waals surface area (Å²) >= 11 is 0. The predicted octanol–water partition coefficient (Wildman–Crippen LogP) is 4.12. The van der Waals surface area contributed by atoms with Crippen LogP contribution in [-0.2, 0) is 22.9 Å². The summed E-state index contributed by atoms with van der Waals surface area (Å²) in [5.74, 6) is -1.58. The molecule has 0 saturated heterocycles. The summed E-state index contributed by atoms with van der Waals surface area (Å²) in [6, 6.07) is 7.62. The molecule has 0 radical (unpaired) electrons. The van der Waals surface area contributed by atoms with E-state index in [1.165, 1.54) is 18.2 Å². The lowest BCUT2D eigenvalue weighted by Crippen LogP contribution is -2.42. The highest BCUT2D eigenvalue weighted by atomic mass is 19.4. The number of halogens is 3. The molecule has 0 aliphatic heterocycles. The largest absolute Gasteiger partial charge is 0.475 e. The molecule has 1 amide bonds. The van der Waals surface area contributed by atoms with Crippen LogP contribution in [0.1, 0.15) is 53.1 Å². The smallest absolute Gasteiger partial charge is 0.416 e. The van der Waals surface area contributed by atoms with Crippen molar-refractivity contribution in [2.75, 3.05) is 0 Å². The van der Waals surface area contributed by atoms with Gasteiger partial charge in [0.2, 0.25) is 11.7 Å². The summed E-state index contributed by atoms with van der Waals surface area (Å²) in [7, 11) is 0. The first-order valence-electron chi connectivity index (χ1n) is 8.50. The molecule has 27 heavy (non-hydrogen) atoms. The van der Waals surface area contributed by atoms with E-state index < -0.39 is 23.1 Å². The van der Waals surface area contributed by atoms with Crippen molar-refractivity contribution in [2.45, 2.75) is 43.8 Å². The molecule has 1 aliphatic carbocycles. The fourth-order valence-corrected chi connectivity index (χ4v) is 3.54. The second kappa shape index (κ2) is 7.09. The molecule has 144 valence electrons. The highest BCUT2D eigenvalue weighted by Crippen LogP contribution is 2.43. The van der Waals surface area contributed by atoms with Crippen LogP contribution in [0.25, 0.3) is 0 Å². The molecular weight excluding hydrogens is 363 g/mol. The number of amides is 1. The van der Waals surface area contributed by atoms with E-state index in [0.717, 1.165) is 25.0 Å². The Morgan fingerprint density at radius 1 is 1.15 bits per heavy atom. The summed E-state index contributed by atoms with van der Waals surface area (Å²) in [5.41, 5.74) is -1.46. The van der Waals surface area contributed by atoms with Gasteiger partial charge in [-0.25, -0.2) is 4.79 Å². The molecule has 1 saturated carbocycles. The number of carbonyl (C=O) groups excluding carboxylic acids is 1. The van der Waals surface area contributed by atoms with Crippen LogP contribution in [0.3, 0.4) is 0 Å². The quantitative estimate of drug-likeness (QED) is 0.816. The molecule has 0 bridgehead atoms. The van der Waals surface area contributed by atoms with E-state index in [1.807, 2.05) is 0 Å². The number of hydrogen-bond acceptors (Lipinski definition) is 3. The Morgan fingerprint density at radius 3 is 2.44 bits per heavy atom. The number of carboxylic acids is 1. The number of carbonyl (C=O) groups is 2. The fraction of sp³-hybridized carbons (Fsp3) is 0.368. The molecule has 1 aromatic heterocycles. The molecule has 1 heterocycles. The van der Waals surface area contributed by atoms with Crippen LogP contribution in [0.15, 0.2) is 40.8 Å². The summed E-state index contributed by atoms with van der Waals surface area (Å²) in [5, 5.41) is 11.5. The molecule has 0 spiro atoms. The lowest BCUT2D eigenvalue weighted by atomic mass is 9.77. The molecule has 1 aliphatic rings. The van der Waals surface area contributed by atoms with E-state index in [4.69, 9.17) is 9.52 Å². The molecule has 0 unspecified atom stereocenters. The number of rotatable bonds is 5. The number of benzene rings is 1. The average molecular weight is 381 g/mol. The van der Waals surface area contributed by atoms with E-state index >= 15 is 0 Å². The molecular formula is C19H18F3NO4. The van der Waals surface area contributed by atoms with Crippen LogP contribution in [0.4, 0.5) is 13.2 Å². The van der Waals surface area contributed by atoms with Gasteiger partial charge >= 0.3 is 12.1 Å². The molecule has 2 N–H and O–H groups in total. The lowest BCUT2D eigenvalue weighted by molar-refractivity contribution is -0.138. The third-order valence-electron chi connectivity index (χ3n) is 4.93. The van der Waals surface area contributed by atoms with E-state index in [-0.39, 0.29) is 24.0 Å². The fourth-order valence-electron chi connectivity index (χ4n) is 3.54. The van der Waals surface area contributed by atoms with Crippen molar-refractivity contribution in [3.63, 3.8) is 0 Å². The zero-order chi connectivity index (χ0) is 19.7. The van der Waals surface area contributed by atoms with Gasteiger partial charge in [-0.3, -0.25) is 4.79 Å². The number of aromatic carboxylic acids is 1. The summed E-state index contributed by atoms with van der Waals surface area (Å²) in [6.45, 7) is -0.0349. The zero-order valence-electron chi connectivity index (χ0n) is 14.3. The Kier molecular flexibility index (Phi) is 4.99. The first kappa shape index (κ1) is 19.0. The van der Waals surface area contributed by atoms with Gasteiger partial charge in [-0.05, 0) is 36.6 Å². The van der Waals surface area contributed by atoms with Gasteiger partial charge in [0.15, 0.2) is 0 Å². The summed E-state index contributed by atoms with van der Waals surface area (Å²) < 4.78 is 44.3. The van der Waals surface area contributed by atoms with Crippen molar-refractivity contribution in [3.05, 3.63) is 59.0 Å². The molecule has 1 fully saturated rings. The maximum Gasteiger partial charge on any atom is 0.416 e. The van der Waals surface area contributed by atoms with E-state index in [0.29, 0.717) is 18.4 Å². The van der Waals surface area contributed by atoms with Gasteiger partial charge in [0, 0.05) is 0 Å². The summed E-state index contributed by atoms with van der Waals surface area (Å²) in [4.78, 5) is 23.7. The van der Waals surface area contributed by atoms with Gasteiger partial charge in [0.1, 0.15) is 5.76 Å². The Balaban J connectivity index is 1.81. The maximum atomic E-state index is 13.1. The molecule has 3 rings (SSSR count). The van der Waals surface area contributed by atoms with Crippen LogP contribution < -0.4 is 5.32 Å². The van der Waals surface area contributed by atoms with Crippen LogP contribution in [-0.4, -0.2) is 17.0 Å². The highest BCUT2D eigenvalue weighted by Gasteiger charge is 2.43. The van der Waals surface area contributed by atoms with Crippen LogP contribution >= 0.6 is 0 Å². The van der Waals surface area contributed by atoms with Crippen molar-refractivity contribution in [1.82, 2.24) is 5.32 Å². The zero-order valence-corrected chi connectivity index (χ0v) is 14.3. The Morgan fingerprint density at radius 2 is 1.85 bits per heavy atom. The molecule has 8 heteroatoms. The van der Waals surface area contributed by atoms with Crippen molar-refractivity contribution >= 4 is 11.9 Å². The second-order valence-corrected chi connectivity index (χ2v) is 6.62. The van der Waals surface area contributed by atoms with Crippen molar-refractivity contribution < 1.29 is 32.3 Å². The minimum Gasteiger partial charge on any atom is -0.475 e. The second-order valence-electron chi connectivity index (χ2n) is 6.62. The third-order valence-corrected chi connectivity index (χ3v) is 4.93. The van der Waals surface area contributed by atoms with Gasteiger partial charge < -0.3 is 14.8 Å². The number of carboxylic acid groups (broad SMARTS) is 1. The standard InChI is InChI=1S/C19H18F3NO4/c20-19(21,22)13-5-3-4-12(10-13)18(8-1-2-9-18)17(26)23-11-14-6-7-15(27-14)16(24)25/h3-7,10H,1-2,8-9,11H2,(H,23,26)(H,24,25). The Bertz CT molecular complexity index is 851. The van der Waals surface area contributed by atoms with Gasteiger partial charge in [0.25, 0.3) is 0 Å². The summed E-state index contributed by atoms with van der Waals surface area (Å²) in [6.07, 6.45) is -2.08. The van der Waals surface area contributed by atoms with Gasteiger partial charge in [-0.2, -0.15) is 13.2 Å².